The quantitative estimate of drug-likeness (QED) is 0.328. The van der Waals surface area contributed by atoms with Crippen molar-refractivity contribution in [2.75, 3.05) is 33.7 Å². The number of Topliss-reactive ketones (excluding diaryl/α,β-unsaturated/α-hetero) is 5. The summed E-state index contributed by atoms with van der Waals surface area (Å²) < 4.78 is 0. The maximum absolute atomic E-state index is 13.9. The number of phenols is 1. The molecule has 1 aliphatic heterocycles. The van der Waals surface area contributed by atoms with E-state index in [-0.39, 0.29) is 30.7 Å². The lowest BCUT2D eigenvalue weighted by atomic mass is 9.52. The average Bonchev–Trinajstić information content (AvgIpc) is 2.86. The summed E-state index contributed by atoms with van der Waals surface area (Å²) in [6.45, 7) is 1.76. The first-order chi connectivity index (χ1) is 18.4. The molecule has 2 unspecified atom stereocenters. The lowest BCUT2D eigenvalue weighted by Crippen LogP contribution is -2.74. The molecule has 0 radical (unpaired) electrons. The van der Waals surface area contributed by atoms with Crippen molar-refractivity contribution in [3.8, 4) is 5.75 Å². The molecule has 1 amide bonds. The number of ketones is 5. The lowest BCUT2D eigenvalue weighted by Gasteiger charge is -2.52. The van der Waals surface area contributed by atoms with E-state index in [4.69, 9.17) is 5.73 Å². The van der Waals surface area contributed by atoms with E-state index >= 15 is 0 Å². The minimum Gasteiger partial charge on any atom is -0.507 e. The Morgan fingerprint density at radius 3 is 2.36 bits per heavy atom. The highest BCUT2D eigenvalue weighted by atomic mass is 16.3. The van der Waals surface area contributed by atoms with Crippen LogP contribution in [0.15, 0.2) is 12.1 Å². The number of rotatable bonds is 5. The van der Waals surface area contributed by atoms with Gasteiger partial charge in [0.05, 0.1) is 24.1 Å². The Labute approximate surface area is 225 Å². The van der Waals surface area contributed by atoms with Crippen LogP contribution in [0.25, 0.3) is 0 Å². The topological polar surface area (TPSA) is 175 Å². The second kappa shape index (κ2) is 9.72. The van der Waals surface area contributed by atoms with E-state index in [1.807, 2.05) is 0 Å². The molecule has 11 nitrogen and oxygen atoms in total. The summed E-state index contributed by atoms with van der Waals surface area (Å²) >= 11 is 0. The summed E-state index contributed by atoms with van der Waals surface area (Å²) in [5.41, 5.74) is 3.04. The molecule has 1 heterocycles. The van der Waals surface area contributed by atoms with Crippen LogP contribution in [-0.4, -0.2) is 100 Å². The molecule has 11 heteroatoms. The minimum atomic E-state index is -2.77. The van der Waals surface area contributed by atoms with E-state index in [1.54, 1.807) is 0 Å². The van der Waals surface area contributed by atoms with Crippen LogP contribution in [0.4, 0.5) is 0 Å². The zero-order chi connectivity index (χ0) is 28.4. The van der Waals surface area contributed by atoms with Crippen molar-refractivity contribution in [2.24, 2.45) is 29.4 Å². The van der Waals surface area contributed by atoms with Gasteiger partial charge in [-0.15, -0.1) is 0 Å². The van der Waals surface area contributed by atoms with Gasteiger partial charge in [0.15, 0.2) is 40.4 Å². The minimum absolute atomic E-state index is 0.0562. The Balaban J connectivity index is 1.56. The first-order valence-corrected chi connectivity index (χ1v) is 13.3. The van der Waals surface area contributed by atoms with Crippen molar-refractivity contribution in [1.82, 2.24) is 9.80 Å². The van der Waals surface area contributed by atoms with Crippen LogP contribution in [0, 0.1) is 23.7 Å². The Morgan fingerprint density at radius 2 is 1.74 bits per heavy atom. The normalized spacial score (nSPS) is 33.0. The second-order valence-corrected chi connectivity index (χ2v) is 11.5. The molecule has 39 heavy (non-hydrogen) atoms. The highest BCUT2D eigenvalue weighted by Crippen LogP contribution is 2.51. The SMILES string of the molecule is CN(C)[C@H]1C(=O)C(C(N)=O)C(=O)[C@]2(O)C(=O)C3C(=O)c4c(O)ccc(C(=O)CN5CCCCC5)c4C[C@@H]3C[C@H]12. The summed E-state index contributed by atoms with van der Waals surface area (Å²) in [6, 6.07) is 1.57. The van der Waals surface area contributed by atoms with Crippen LogP contribution in [0.3, 0.4) is 0 Å². The number of benzene rings is 1. The maximum Gasteiger partial charge on any atom is 0.235 e. The number of fused-ring (bicyclic) bond motifs is 3. The zero-order valence-electron chi connectivity index (χ0n) is 22.0. The Morgan fingerprint density at radius 1 is 1.08 bits per heavy atom. The fraction of sp³-hybridized carbons (Fsp3) is 0.571. The van der Waals surface area contributed by atoms with Gasteiger partial charge in [-0.2, -0.15) is 0 Å². The molecule has 2 saturated carbocycles. The Hall–Kier alpha value is -3.28. The van der Waals surface area contributed by atoms with Crippen LogP contribution < -0.4 is 5.73 Å². The number of hydrogen-bond acceptors (Lipinski definition) is 10. The highest BCUT2D eigenvalue weighted by Gasteiger charge is 2.69. The van der Waals surface area contributed by atoms with Crippen LogP contribution in [0.2, 0.25) is 0 Å². The van der Waals surface area contributed by atoms with Gasteiger partial charge in [0.1, 0.15) is 5.75 Å². The smallest absolute Gasteiger partial charge is 0.235 e. The molecule has 0 bridgehead atoms. The number of carbonyl (C=O) groups is 6. The molecule has 1 aromatic carbocycles. The number of carbonyl (C=O) groups excluding carboxylic acids is 6. The van der Waals surface area contributed by atoms with Gasteiger partial charge in [0.2, 0.25) is 5.91 Å². The molecule has 5 rings (SSSR count). The number of aliphatic hydroxyl groups is 1. The van der Waals surface area contributed by atoms with Crippen molar-refractivity contribution in [3.63, 3.8) is 0 Å². The van der Waals surface area contributed by atoms with E-state index in [1.165, 1.54) is 31.1 Å². The van der Waals surface area contributed by atoms with Crippen LogP contribution in [0.1, 0.15) is 52.0 Å². The number of phenolic OH excluding ortho intramolecular Hbond substituents is 1. The van der Waals surface area contributed by atoms with Crippen LogP contribution in [0.5, 0.6) is 5.75 Å². The second-order valence-electron chi connectivity index (χ2n) is 11.5. The summed E-state index contributed by atoms with van der Waals surface area (Å²) in [6.07, 6.45) is 3.12. The third-order valence-electron chi connectivity index (χ3n) is 9.06. The first-order valence-electron chi connectivity index (χ1n) is 13.3. The molecule has 3 aliphatic carbocycles. The first kappa shape index (κ1) is 27.3. The Bertz CT molecular complexity index is 1300. The predicted molar refractivity (Wildman–Crippen MR) is 136 cm³/mol. The molecule has 1 aromatic rings. The largest absolute Gasteiger partial charge is 0.507 e. The van der Waals surface area contributed by atoms with Crippen molar-refractivity contribution >= 4 is 34.8 Å². The summed E-state index contributed by atoms with van der Waals surface area (Å²) in [5, 5.41) is 22.3. The molecule has 3 fully saturated rings. The number of nitrogens with two attached hydrogens (primary N) is 1. The highest BCUT2D eigenvalue weighted by molar-refractivity contribution is 6.32. The van der Waals surface area contributed by atoms with Crippen molar-refractivity contribution in [3.05, 3.63) is 28.8 Å². The molecule has 0 spiro atoms. The van der Waals surface area contributed by atoms with Crippen molar-refractivity contribution in [1.29, 1.82) is 0 Å². The summed E-state index contributed by atoms with van der Waals surface area (Å²) in [7, 11) is 3.06. The fourth-order valence-electron chi connectivity index (χ4n) is 7.27. The lowest BCUT2D eigenvalue weighted by molar-refractivity contribution is -0.181. The van der Waals surface area contributed by atoms with Gasteiger partial charge in [-0.25, -0.2) is 0 Å². The predicted octanol–water partition coefficient (Wildman–Crippen LogP) is -0.464. The zero-order valence-corrected chi connectivity index (χ0v) is 22.0. The van der Waals surface area contributed by atoms with E-state index in [0.717, 1.165) is 32.4 Å². The number of nitrogens with zero attached hydrogens (tertiary/aromatic N) is 2. The van der Waals surface area contributed by atoms with E-state index < -0.39 is 70.1 Å². The van der Waals surface area contributed by atoms with Crippen LogP contribution in [-0.2, 0) is 25.6 Å². The number of piperidine rings is 1. The van der Waals surface area contributed by atoms with E-state index in [9.17, 15) is 39.0 Å². The van der Waals surface area contributed by atoms with Crippen LogP contribution >= 0.6 is 0 Å². The van der Waals surface area contributed by atoms with Gasteiger partial charge in [0.25, 0.3) is 0 Å². The Kier molecular flexibility index (Phi) is 6.80. The fourth-order valence-corrected chi connectivity index (χ4v) is 7.27. The monoisotopic (exact) mass is 539 g/mol. The third kappa shape index (κ3) is 4.06. The molecular weight excluding hydrogens is 506 g/mol. The summed E-state index contributed by atoms with van der Waals surface area (Å²) in [4.78, 5) is 83.0. The van der Waals surface area contributed by atoms with E-state index in [0.29, 0.717) is 11.1 Å². The number of primary amides is 1. The van der Waals surface area contributed by atoms with Gasteiger partial charge >= 0.3 is 0 Å². The van der Waals surface area contributed by atoms with Crippen molar-refractivity contribution < 1.29 is 39.0 Å². The molecule has 0 aromatic heterocycles. The van der Waals surface area contributed by atoms with E-state index in [2.05, 4.69) is 4.90 Å². The van der Waals surface area contributed by atoms with Gasteiger partial charge in [-0.05, 0) is 76.5 Å². The number of amides is 1. The number of aromatic hydroxyl groups is 1. The summed E-state index contributed by atoms with van der Waals surface area (Å²) in [5.74, 6) is -11.3. The molecule has 4 N–H and O–H groups in total. The number of likely N-dealkylation sites (tertiary alicyclic amines) is 1. The van der Waals surface area contributed by atoms with Gasteiger partial charge < -0.3 is 15.9 Å². The van der Waals surface area contributed by atoms with Crippen molar-refractivity contribution in [2.45, 2.75) is 43.7 Å². The molecular formula is C28H33N3O8. The van der Waals surface area contributed by atoms with Gasteiger partial charge in [-0.1, -0.05) is 6.42 Å². The van der Waals surface area contributed by atoms with Gasteiger partial charge in [0, 0.05) is 11.5 Å². The average molecular weight is 540 g/mol. The molecule has 4 aliphatic rings. The molecule has 208 valence electrons. The molecule has 6 atom stereocenters. The number of likely N-dealkylation sites (N-methyl/N-ethyl adjacent to an activating group) is 1. The number of hydrogen-bond donors (Lipinski definition) is 3. The molecule has 1 saturated heterocycles. The standard InChI is InChI=1S/C28H33N3O8/c1-30(2)22-16-11-13-10-15-14(18(33)12-31-8-4-3-5-9-31)6-7-17(32)20(15)23(34)19(13)25(36)28(16,39)26(37)21(24(22)35)27(29)38/h6-7,13,16,19,21-22,32,39H,3-5,8-12H2,1-2H3,(H2,29,38)/t13-,16-,19?,21?,22-,28-/m1/s1. The third-order valence-corrected chi connectivity index (χ3v) is 9.06. The van der Waals surface area contributed by atoms with Gasteiger partial charge in [-0.3, -0.25) is 38.6 Å². The maximum atomic E-state index is 13.9.